The van der Waals surface area contributed by atoms with Crippen LogP contribution in [0, 0.1) is 0 Å². The summed E-state index contributed by atoms with van der Waals surface area (Å²) in [6, 6.07) is 7.25. The van der Waals surface area contributed by atoms with Gasteiger partial charge in [0.05, 0.1) is 11.4 Å². The number of nitrogen functional groups attached to an aromatic ring is 2. The fourth-order valence-corrected chi connectivity index (χ4v) is 0.511. The summed E-state index contributed by atoms with van der Waals surface area (Å²) in [6.07, 6.45) is 0. The highest BCUT2D eigenvalue weighted by Crippen LogP contribution is 2.10. The molecule has 0 unspecified atom stereocenters. The number of anilines is 2. The second kappa shape index (κ2) is 4.55. The first-order chi connectivity index (χ1) is 3.80. The molecule has 0 amide bonds. The van der Waals surface area contributed by atoms with Gasteiger partial charge in [0.1, 0.15) is 0 Å². The number of halogens is 2. The monoisotopic (exact) mass is 148 g/mol. The highest BCUT2D eigenvalue weighted by atomic mass is 19.0. The Bertz CT molecular complexity index is 170. The van der Waals surface area contributed by atoms with Crippen LogP contribution in [0.3, 0.4) is 0 Å². The maximum absolute atomic E-state index is 5.39. The van der Waals surface area contributed by atoms with Gasteiger partial charge in [0.2, 0.25) is 0 Å². The van der Waals surface area contributed by atoms with Crippen LogP contribution in [-0.4, -0.2) is 0 Å². The third-order valence-electron chi connectivity index (χ3n) is 0.996. The fraction of sp³-hybridized carbons (Fsp3) is 0. The van der Waals surface area contributed by atoms with Crippen molar-refractivity contribution in [1.82, 2.24) is 0 Å². The predicted octanol–water partition coefficient (Wildman–Crippen LogP) is 1.16. The Labute approximate surface area is 57.6 Å². The van der Waals surface area contributed by atoms with Crippen molar-refractivity contribution in [1.29, 1.82) is 0 Å². The summed E-state index contributed by atoms with van der Waals surface area (Å²) in [5, 5.41) is 0. The molecule has 0 aliphatic heterocycles. The van der Waals surface area contributed by atoms with Crippen LogP contribution >= 0.6 is 0 Å². The number of hydrogen-bond donors (Lipinski definition) is 2. The van der Waals surface area contributed by atoms with E-state index in [0.717, 1.165) is 0 Å². The highest BCUT2D eigenvalue weighted by Gasteiger charge is 1.85. The zero-order valence-electron chi connectivity index (χ0n) is 5.28. The zero-order valence-corrected chi connectivity index (χ0v) is 5.28. The van der Waals surface area contributed by atoms with E-state index < -0.39 is 0 Å². The normalized spacial score (nSPS) is 7.20. The van der Waals surface area contributed by atoms with E-state index in [0.29, 0.717) is 11.4 Å². The molecule has 0 radical (unpaired) electrons. The Morgan fingerprint density at radius 2 is 1.10 bits per heavy atom. The summed E-state index contributed by atoms with van der Waals surface area (Å²) in [7, 11) is 0. The molecule has 0 aliphatic carbocycles. The van der Waals surface area contributed by atoms with Crippen LogP contribution in [0.15, 0.2) is 24.3 Å². The van der Waals surface area contributed by atoms with E-state index in [4.69, 9.17) is 11.5 Å². The molecule has 1 rings (SSSR count). The summed E-state index contributed by atoms with van der Waals surface area (Å²) >= 11 is 0. The molecule has 2 nitrogen and oxygen atoms in total. The van der Waals surface area contributed by atoms with Gasteiger partial charge in [0.25, 0.3) is 0 Å². The minimum Gasteiger partial charge on any atom is -0.397 e. The Hall–Kier alpha value is -1.32. The lowest BCUT2D eigenvalue weighted by atomic mass is 10.3. The van der Waals surface area contributed by atoms with Crippen molar-refractivity contribution in [2.45, 2.75) is 0 Å². The number of hydrogen-bond acceptors (Lipinski definition) is 2. The number of para-hydroxylation sites is 2. The van der Waals surface area contributed by atoms with E-state index >= 15 is 0 Å². The smallest absolute Gasteiger partial charge is 0.0547 e. The molecule has 1 aromatic carbocycles. The Kier molecular flexibility index (Phi) is 5.22. The lowest BCUT2D eigenvalue weighted by Crippen LogP contribution is -1.91. The van der Waals surface area contributed by atoms with Gasteiger partial charge in [-0.25, -0.2) is 0 Å². The lowest BCUT2D eigenvalue weighted by Gasteiger charge is -1.94. The average molecular weight is 148 g/mol. The van der Waals surface area contributed by atoms with Crippen molar-refractivity contribution in [3.8, 4) is 0 Å². The summed E-state index contributed by atoms with van der Waals surface area (Å²) in [5.41, 5.74) is 12.1. The molecule has 0 saturated carbocycles. The molecule has 0 spiro atoms. The maximum Gasteiger partial charge on any atom is 0.0547 e. The van der Waals surface area contributed by atoms with Gasteiger partial charge in [0, 0.05) is 0 Å². The van der Waals surface area contributed by atoms with Crippen LogP contribution in [0.25, 0.3) is 0 Å². The quantitative estimate of drug-likeness (QED) is 0.542. The van der Waals surface area contributed by atoms with Crippen LogP contribution in [0.2, 0.25) is 0 Å². The number of rotatable bonds is 0. The highest BCUT2D eigenvalue weighted by molar-refractivity contribution is 5.62. The molecule has 10 heavy (non-hydrogen) atoms. The standard InChI is InChI=1S/C6H8N2.2FH/c7-5-3-1-2-4-6(5)8;;/h1-4H,7-8H2;2*1H. The number of benzene rings is 1. The second-order valence-electron chi connectivity index (χ2n) is 1.63. The topological polar surface area (TPSA) is 52.0 Å². The van der Waals surface area contributed by atoms with Crippen LogP contribution in [0.1, 0.15) is 0 Å². The van der Waals surface area contributed by atoms with Gasteiger partial charge in [-0.3, -0.25) is 9.41 Å². The molecule has 0 bridgehead atoms. The zero-order chi connectivity index (χ0) is 5.98. The summed E-state index contributed by atoms with van der Waals surface area (Å²) < 4.78 is 0. The van der Waals surface area contributed by atoms with E-state index in [1.807, 2.05) is 12.1 Å². The van der Waals surface area contributed by atoms with Gasteiger partial charge in [-0.2, -0.15) is 0 Å². The lowest BCUT2D eigenvalue weighted by molar-refractivity contribution is 1.11. The average Bonchev–Trinajstić information content (AvgIpc) is 1.77. The van der Waals surface area contributed by atoms with Crippen molar-refractivity contribution in [2.24, 2.45) is 0 Å². The molecule has 0 atom stereocenters. The Morgan fingerprint density at radius 3 is 1.30 bits per heavy atom. The third kappa shape index (κ3) is 2.30. The fourth-order valence-electron chi connectivity index (χ4n) is 0.511. The van der Waals surface area contributed by atoms with Crippen molar-refractivity contribution in [3.05, 3.63) is 24.3 Å². The molecular weight excluding hydrogens is 138 g/mol. The van der Waals surface area contributed by atoms with Gasteiger partial charge >= 0.3 is 0 Å². The van der Waals surface area contributed by atoms with Gasteiger partial charge in [-0.05, 0) is 12.1 Å². The van der Waals surface area contributed by atoms with Crippen molar-refractivity contribution >= 4 is 11.4 Å². The number of nitrogens with two attached hydrogens (primary N) is 2. The van der Waals surface area contributed by atoms with Crippen LogP contribution < -0.4 is 11.5 Å². The molecule has 1 aromatic rings. The summed E-state index contributed by atoms with van der Waals surface area (Å²) in [6.45, 7) is 0. The summed E-state index contributed by atoms with van der Waals surface area (Å²) in [5.74, 6) is 0. The van der Waals surface area contributed by atoms with Crippen molar-refractivity contribution in [2.75, 3.05) is 11.5 Å². The first kappa shape index (κ1) is 11.5. The van der Waals surface area contributed by atoms with Gasteiger partial charge < -0.3 is 11.5 Å². The van der Waals surface area contributed by atoms with E-state index in [1.165, 1.54) is 0 Å². The first-order valence-corrected chi connectivity index (χ1v) is 2.40. The predicted molar refractivity (Wildman–Crippen MR) is 40.3 cm³/mol. The SMILES string of the molecule is F.F.Nc1ccccc1N. The molecular formula is C6H10F2N2. The summed E-state index contributed by atoms with van der Waals surface area (Å²) in [4.78, 5) is 0. The van der Waals surface area contributed by atoms with Crippen molar-refractivity contribution < 1.29 is 9.41 Å². The van der Waals surface area contributed by atoms with E-state index in [9.17, 15) is 0 Å². The van der Waals surface area contributed by atoms with E-state index in [-0.39, 0.29) is 9.41 Å². The minimum absolute atomic E-state index is 0. The Balaban J connectivity index is 0. The van der Waals surface area contributed by atoms with E-state index in [1.54, 1.807) is 12.1 Å². The second-order valence-corrected chi connectivity index (χ2v) is 1.63. The Morgan fingerprint density at radius 1 is 0.800 bits per heavy atom. The van der Waals surface area contributed by atoms with Crippen LogP contribution in [0.5, 0.6) is 0 Å². The molecule has 0 saturated heterocycles. The molecule has 0 fully saturated rings. The van der Waals surface area contributed by atoms with E-state index in [2.05, 4.69) is 0 Å². The first-order valence-electron chi connectivity index (χ1n) is 2.40. The molecule has 58 valence electrons. The third-order valence-corrected chi connectivity index (χ3v) is 0.996. The van der Waals surface area contributed by atoms with Gasteiger partial charge in [-0.15, -0.1) is 0 Å². The molecule has 4 heteroatoms. The van der Waals surface area contributed by atoms with Crippen molar-refractivity contribution in [3.63, 3.8) is 0 Å². The molecule has 0 aromatic heterocycles. The molecule has 0 heterocycles. The molecule has 4 N–H and O–H groups in total. The van der Waals surface area contributed by atoms with Gasteiger partial charge in [0.15, 0.2) is 0 Å². The minimum atomic E-state index is 0. The van der Waals surface area contributed by atoms with Crippen LogP contribution in [-0.2, 0) is 0 Å². The largest absolute Gasteiger partial charge is 0.397 e. The van der Waals surface area contributed by atoms with Gasteiger partial charge in [-0.1, -0.05) is 12.1 Å². The maximum atomic E-state index is 5.39. The van der Waals surface area contributed by atoms with Crippen LogP contribution in [0.4, 0.5) is 20.8 Å². The molecule has 0 aliphatic rings.